The van der Waals surface area contributed by atoms with Crippen molar-refractivity contribution in [3.63, 3.8) is 0 Å². The van der Waals surface area contributed by atoms with E-state index in [9.17, 15) is 5.11 Å². The molecule has 2 aliphatic heterocycles. The highest BCUT2D eigenvalue weighted by molar-refractivity contribution is 5.04. The average Bonchev–Trinajstić information content (AvgIpc) is 2.98. The van der Waals surface area contributed by atoms with E-state index in [2.05, 4.69) is 31.6 Å². The van der Waals surface area contributed by atoms with Crippen LogP contribution in [0.4, 0.5) is 0 Å². The van der Waals surface area contributed by atoms with Crippen LogP contribution < -0.4 is 0 Å². The van der Waals surface area contributed by atoms with E-state index in [1.54, 1.807) is 0 Å². The van der Waals surface area contributed by atoms with E-state index >= 15 is 0 Å². The molecule has 2 aliphatic rings. The number of ether oxygens (including phenoxy) is 1. The fraction of sp³-hybridized carbons (Fsp3) is 0.889. The molecule has 0 aromatic carbocycles. The smallest absolute Gasteiger partial charge is 0.146 e. The maximum Gasteiger partial charge on any atom is 0.146 e. The molecular formula is C18H33N5O2. The summed E-state index contributed by atoms with van der Waals surface area (Å²) in [6.07, 6.45) is 4.00. The lowest BCUT2D eigenvalue weighted by Gasteiger charge is -2.32. The van der Waals surface area contributed by atoms with Crippen LogP contribution in [0.1, 0.15) is 50.2 Å². The summed E-state index contributed by atoms with van der Waals surface area (Å²) < 4.78 is 7.70. The lowest BCUT2D eigenvalue weighted by molar-refractivity contribution is 0.0775. The number of nitrogens with zero attached hydrogens (tertiary/aromatic N) is 5. The molecule has 0 radical (unpaired) electrons. The van der Waals surface area contributed by atoms with Gasteiger partial charge >= 0.3 is 0 Å². The van der Waals surface area contributed by atoms with Gasteiger partial charge in [0.1, 0.15) is 11.6 Å². The van der Waals surface area contributed by atoms with Crippen LogP contribution in [0.3, 0.4) is 0 Å². The summed E-state index contributed by atoms with van der Waals surface area (Å²) >= 11 is 0. The molecule has 3 rings (SSSR count). The van der Waals surface area contributed by atoms with Crippen molar-refractivity contribution < 1.29 is 9.84 Å². The van der Waals surface area contributed by atoms with Gasteiger partial charge in [-0.1, -0.05) is 0 Å². The van der Waals surface area contributed by atoms with Gasteiger partial charge in [-0.25, -0.2) is 0 Å². The molecule has 2 saturated heterocycles. The minimum Gasteiger partial charge on any atom is -0.393 e. The van der Waals surface area contributed by atoms with Crippen molar-refractivity contribution in [2.24, 2.45) is 7.05 Å². The fourth-order valence-corrected chi connectivity index (χ4v) is 3.95. The molecule has 1 atom stereocenters. The molecule has 0 bridgehead atoms. The van der Waals surface area contributed by atoms with Crippen LogP contribution in [0.5, 0.6) is 0 Å². The lowest BCUT2D eigenvalue weighted by Crippen LogP contribution is -2.37. The van der Waals surface area contributed by atoms with Crippen LogP contribution in [0.2, 0.25) is 0 Å². The van der Waals surface area contributed by atoms with Gasteiger partial charge in [0.05, 0.1) is 19.3 Å². The van der Waals surface area contributed by atoms with Crippen LogP contribution in [-0.2, 0) is 18.3 Å². The average molecular weight is 351 g/mol. The zero-order chi connectivity index (χ0) is 17.6. The summed E-state index contributed by atoms with van der Waals surface area (Å²) in [6, 6.07) is 0. The predicted molar refractivity (Wildman–Crippen MR) is 96.4 cm³/mol. The molecule has 7 nitrogen and oxygen atoms in total. The highest BCUT2D eigenvalue weighted by atomic mass is 16.5. The Balaban J connectivity index is 1.56. The Bertz CT molecular complexity index is 528. The van der Waals surface area contributed by atoms with Gasteiger partial charge in [-0.3, -0.25) is 4.90 Å². The Morgan fingerprint density at radius 3 is 2.68 bits per heavy atom. The number of rotatable bonds is 7. The number of aliphatic hydroxyl groups excluding tert-OH is 1. The normalized spacial score (nSPS) is 24.0. The van der Waals surface area contributed by atoms with Crippen LogP contribution in [0.15, 0.2) is 0 Å². The van der Waals surface area contributed by atoms with Crippen molar-refractivity contribution in [3.05, 3.63) is 11.6 Å². The third kappa shape index (κ3) is 5.00. The predicted octanol–water partition coefficient (Wildman–Crippen LogP) is 0.988. The molecule has 142 valence electrons. The topological polar surface area (TPSA) is 66.7 Å². The first-order valence-corrected chi connectivity index (χ1v) is 9.76. The quantitative estimate of drug-likeness (QED) is 0.739. The number of aliphatic hydroxyl groups is 1. The number of aromatic nitrogens is 3. The fourth-order valence-electron chi connectivity index (χ4n) is 3.95. The van der Waals surface area contributed by atoms with E-state index < -0.39 is 0 Å². The summed E-state index contributed by atoms with van der Waals surface area (Å²) in [6.45, 7) is 9.58. The van der Waals surface area contributed by atoms with Crippen molar-refractivity contribution in [1.29, 1.82) is 0 Å². The number of piperidine rings is 2. The second-order valence-electron chi connectivity index (χ2n) is 7.38. The Morgan fingerprint density at radius 1 is 1.12 bits per heavy atom. The molecule has 0 aliphatic carbocycles. The van der Waals surface area contributed by atoms with Crippen LogP contribution in [0.25, 0.3) is 0 Å². The summed E-state index contributed by atoms with van der Waals surface area (Å²) in [5.41, 5.74) is 0. The van der Waals surface area contributed by atoms with Gasteiger partial charge < -0.3 is 19.3 Å². The Labute approximate surface area is 151 Å². The van der Waals surface area contributed by atoms with Gasteiger partial charge in [-0.05, 0) is 39.2 Å². The minimum atomic E-state index is -0.129. The van der Waals surface area contributed by atoms with E-state index in [4.69, 9.17) is 4.74 Å². The first-order chi connectivity index (χ1) is 12.2. The summed E-state index contributed by atoms with van der Waals surface area (Å²) in [7, 11) is 2.10. The first kappa shape index (κ1) is 18.8. The zero-order valence-corrected chi connectivity index (χ0v) is 15.7. The molecular weight excluding hydrogens is 318 g/mol. The summed E-state index contributed by atoms with van der Waals surface area (Å²) in [4.78, 5) is 4.86. The maximum atomic E-state index is 9.65. The minimum absolute atomic E-state index is 0.129. The Hall–Kier alpha value is -1.02. The Morgan fingerprint density at radius 2 is 1.92 bits per heavy atom. The van der Waals surface area contributed by atoms with E-state index in [0.717, 1.165) is 77.0 Å². The first-order valence-electron chi connectivity index (χ1n) is 9.76. The van der Waals surface area contributed by atoms with Gasteiger partial charge in [0.25, 0.3) is 0 Å². The van der Waals surface area contributed by atoms with Crippen molar-refractivity contribution in [1.82, 2.24) is 24.6 Å². The van der Waals surface area contributed by atoms with Crippen molar-refractivity contribution in [2.75, 3.05) is 45.9 Å². The third-order valence-corrected chi connectivity index (χ3v) is 5.55. The van der Waals surface area contributed by atoms with Gasteiger partial charge in [0.2, 0.25) is 0 Å². The van der Waals surface area contributed by atoms with E-state index in [1.165, 1.54) is 12.8 Å². The van der Waals surface area contributed by atoms with Gasteiger partial charge in [0.15, 0.2) is 0 Å². The highest BCUT2D eigenvalue weighted by Gasteiger charge is 2.26. The van der Waals surface area contributed by atoms with Gasteiger partial charge in [-0.15, -0.1) is 10.2 Å². The highest BCUT2D eigenvalue weighted by Crippen LogP contribution is 2.26. The maximum absolute atomic E-state index is 9.65. The monoisotopic (exact) mass is 351 g/mol. The van der Waals surface area contributed by atoms with Crippen molar-refractivity contribution in [3.8, 4) is 0 Å². The van der Waals surface area contributed by atoms with Gasteiger partial charge in [-0.2, -0.15) is 0 Å². The van der Waals surface area contributed by atoms with E-state index in [1.807, 2.05) is 6.92 Å². The molecule has 0 amide bonds. The molecule has 0 saturated carbocycles. The van der Waals surface area contributed by atoms with Crippen LogP contribution in [0, 0.1) is 0 Å². The molecule has 3 heterocycles. The standard InChI is InChI=1S/C18H33N5O2/c1-3-25-12-11-22-8-4-5-15(13-22)18-20-19-17(21(18)2)14-23-9-6-16(24)7-10-23/h15-16,24H,3-14H2,1-2H3/t15-/m0/s1. The van der Waals surface area contributed by atoms with Crippen LogP contribution >= 0.6 is 0 Å². The summed E-state index contributed by atoms with van der Waals surface area (Å²) in [5.74, 6) is 2.62. The largest absolute Gasteiger partial charge is 0.393 e. The third-order valence-electron chi connectivity index (χ3n) is 5.55. The second kappa shape index (κ2) is 9.07. The SMILES string of the molecule is CCOCCN1CCC[C@H](c2nnc(CN3CCC(O)CC3)n2C)C1. The number of hydrogen-bond acceptors (Lipinski definition) is 6. The second-order valence-corrected chi connectivity index (χ2v) is 7.38. The number of hydrogen-bond donors (Lipinski definition) is 1. The van der Waals surface area contributed by atoms with Gasteiger partial charge in [0, 0.05) is 45.8 Å². The lowest BCUT2D eigenvalue weighted by atomic mass is 9.97. The molecule has 7 heteroatoms. The summed E-state index contributed by atoms with van der Waals surface area (Å²) in [5, 5.41) is 18.7. The molecule has 25 heavy (non-hydrogen) atoms. The number of likely N-dealkylation sites (tertiary alicyclic amines) is 2. The van der Waals surface area contributed by atoms with E-state index in [-0.39, 0.29) is 6.10 Å². The molecule has 2 fully saturated rings. The van der Waals surface area contributed by atoms with Crippen molar-refractivity contribution >= 4 is 0 Å². The molecule has 0 spiro atoms. The molecule has 1 aromatic heterocycles. The molecule has 0 unspecified atom stereocenters. The van der Waals surface area contributed by atoms with Crippen molar-refractivity contribution in [2.45, 2.75) is 51.2 Å². The Kier molecular flexibility index (Phi) is 6.81. The molecule has 1 aromatic rings. The zero-order valence-electron chi connectivity index (χ0n) is 15.7. The molecule has 1 N–H and O–H groups in total. The van der Waals surface area contributed by atoms with E-state index in [0.29, 0.717) is 5.92 Å². The van der Waals surface area contributed by atoms with Crippen LogP contribution in [-0.4, -0.2) is 81.7 Å².